The molecule has 2 aromatic carbocycles. The van der Waals surface area contributed by atoms with Crippen molar-refractivity contribution in [1.29, 1.82) is 5.26 Å². The van der Waals surface area contributed by atoms with E-state index in [4.69, 9.17) is 0 Å². The Morgan fingerprint density at radius 3 is 2.53 bits per heavy atom. The Morgan fingerprint density at radius 2 is 1.83 bits per heavy atom. The predicted molar refractivity (Wildman–Crippen MR) is 119 cm³/mol. The molecule has 2 aromatic heterocycles. The number of nitrogens with one attached hydrogen (secondary N) is 1. The maximum Gasteiger partial charge on any atom is 0.277 e. The van der Waals surface area contributed by atoms with Crippen LogP contribution in [0.4, 0.5) is 0 Å². The van der Waals surface area contributed by atoms with E-state index in [9.17, 15) is 10.1 Å². The summed E-state index contributed by atoms with van der Waals surface area (Å²) in [6, 6.07) is 17.8. The number of benzene rings is 2. The van der Waals surface area contributed by atoms with Gasteiger partial charge in [0.2, 0.25) is 0 Å². The molecule has 0 spiro atoms. The van der Waals surface area contributed by atoms with Gasteiger partial charge in [0.25, 0.3) is 11.3 Å². The van der Waals surface area contributed by atoms with Gasteiger partial charge < -0.3 is 0 Å². The number of fused-ring (bicyclic) bond motifs is 1. The van der Waals surface area contributed by atoms with Crippen molar-refractivity contribution in [2.75, 3.05) is 0 Å². The minimum Gasteiger partial charge on any atom is -0.275 e. The molecule has 0 saturated heterocycles. The summed E-state index contributed by atoms with van der Waals surface area (Å²) in [5, 5.41) is 12.3. The van der Waals surface area contributed by atoms with Crippen LogP contribution in [-0.2, 0) is 12.8 Å². The standard InChI is InChI=1S/C23H21N5O.ClH/c1-3-6-21-20(22(29)28-23(26-21)25-15(2)27-28)13-16-9-11-17(12-10-16)19-8-5-4-7-18(19)14-24;/h4-5,7-12H,3,6,13H2,1-2H3,(H,25,26,27);1H. The number of aryl methyl sites for hydroxylation is 2. The van der Waals surface area contributed by atoms with E-state index in [1.165, 1.54) is 4.52 Å². The van der Waals surface area contributed by atoms with Gasteiger partial charge in [0.1, 0.15) is 5.82 Å². The lowest BCUT2D eigenvalue weighted by Crippen LogP contribution is -2.23. The van der Waals surface area contributed by atoms with E-state index >= 15 is 0 Å². The minimum atomic E-state index is -0.0991. The molecule has 0 unspecified atom stereocenters. The molecule has 152 valence electrons. The zero-order valence-electron chi connectivity index (χ0n) is 16.8. The lowest BCUT2D eigenvalue weighted by atomic mass is 9.97. The number of aromatic nitrogens is 4. The van der Waals surface area contributed by atoms with Crippen LogP contribution in [0.3, 0.4) is 0 Å². The quantitative estimate of drug-likeness (QED) is 0.524. The van der Waals surface area contributed by atoms with Crippen LogP contribution >= 0.6 is 12.4 Å². The number of nitriles is 1. The molecule has 0 bridgehead atoms. The summed E-state index contributed by atoms with van der Waals surface area (Å²) in [5.41, 5.74) is 4.96. The van der Waals surface area contributed by atoms with Gasteiger partial charge in [-0.05, 0) is 36.1 Å². The second-order valence-corrected chi connectivity index (χ2v) is 7.07. The first-order valence-electron chi connectivity index (χ1n) is 9.66. The number of hydrogen-bond acceptors (Lipinski definition) is 4. The fraction of sp³-hybridized carbons (Fsp3) is 0.217. The van der Waals surface area contributed by atoms with Gasteiger partial charge in [-0.1, -0.05) is 55.8 Å². The van der Waals surface area contributed by atoms with Crippen molar-refractivity contribution in [3.8, 4) is 17.2 Å². The number of rotatable bonds is 5. The van der Waals surface area contributed by atoms with Gasteiger partial charge in [-0.25, -0.2) is 4.98 Å². The molecule has 2 heterocycles. The highest BCUT2D eigenvalue weighted by Crippen LogP contribution is 2.24. The van der Waals surface area contributed by atoms with Gasteiger partial charge in [0.15, 0.2) is 0 Å². The third-order valence-electron chi connectivity index (χ3n) is 4.97. The van der Waals surface area contributed by atoms with Crippen LogP contribution in [-0.4, -0.2) is 19.6 Å². The van der Waals surface area contributed by atoms with Gasteiger partial charge in [0.05, 0.1) is 17.3 Å². The Labute approximate surface area is 180 Å². The van der Waals surface area contributed by atoms with Crippen molar-refractivity contribution in [3.05, 3.63) is 87.1 Å². The molecule has 4 rings (SSSR count). The van der Waals surface area contributed by atoms with E-state index in [0.29, 0.717) is 29.1 Å². The molecular weight excluding hydrogens is 398 g/mol. The zero-order chi connectivity index (χ0) is 20.4. The first-order valence-corrected chi connectivity index (χ1v) is 9.66. The van der Waals surface area contributed by atoms with Crippen molar-refractivity contribution in [1.82, 2.24) is 19.6 Å². The highest BCUT2D eigenvalue weighted by atomic mass is 35.5. The molecule has 0 amide bonds. The van der Waals surface area contributed by atoms with Crippen LogP contribution in [0.5, 0.6) is 0 Å². The Kier molecular flexibility index (Phi) is 6.34. The first kappa shape index (κ1) is 21.3. The molecule has 0 aliphatic heterocycles. The van der Waals surface area contributed by atoms with E-state index in [0.717, 1.165) is 35.2 Å². The minimum absolute atomic E-state index is 0. The van der Waals surface area contributed by atoms with Crippen molar-refractivity contribution in [2.45, 2.75) is 33.1 Å². The number of halogens is 1. The van der Waals surface area contributed by atoms with E-state index in [2.05, 4.69) is 28.1 Å². The molecule has 0 radical (unpaired) electrons. The third kappa shape index (κ3) is 3.98. The van der Waals surface area contributed by atoms with Crippen LogP contribution in [0.1, 0.15) is 41.6 Å². The monoisotopic (exact) mass is 419 g/mol. The highest BCUT2D eigenvalue weighted by Gasteiger charge is 2.15. The van der Waals surface area contributed by atoms with E-state index in [1.54, 1.807) is 0 Å². The number of nitrogens with zero attached hydrogens (tertiary/aromatic N) is 4. The lowest BCUT2D eigenvalue weighted by molar-refractivity contribution is 0.804. The SMILES string of the molecule is CCCc1nc2nc(C)[nH]n2c(=O)c1Cc1ccc(-c2ccccc2C#N)cc1.Cl. The average molecular weight is 420 g/mol. The Morgan fingerprint density at radius 1 is 1.10 bits per heavy atom. The smallest absolute Gasteiger partial charge is 0.275 e. The summed E-state index contributed by atoms with van der Waals surface area (Å²) in [5.74, 6) is 1.08. The third-order valence-corrected chi connectivity index (χ3v) is 4.97. The fourth-order valence-electron chi connectivity index (χ4n) is 3.56. The first-order chi connectivity index (χ1) is 14.1. The topological polar surface area (TPSA) is 86.8 Å². The predicted octanol–water partition coefficient (Wildman–Crippen LogP) is 4.23. The van der Waals surface area contributed by atoms with Gasteiger partial charge in [-0.2, -0.15) is 14.8 Å². The molecule has 0 atom stereocenters. The highest BCUT2D eigenvalue weighted by molar-refractivity contribution is 5.85. The molecule has 0 saturated carbocycles. The van der Waals surface area contributed by atoms with Gasteiger partial charge in [-0.15, -0.1) is 12.4 Å². The average Bonchev–Trinajstić information content (AvgIpc) is 3.12. The summed E-state index contributed by atoms with van der Waals surface area (Å²) in [6.07, 6.45) is 2.14. The largest absolute Gasteiger partial charge is 0.277 e. The second-order valence-electron chi connectivity index (χ2n) is 7.07. The van der Waals surface area contributed by atoms with Crippen LogP contribution in [0.15, 0.2) is 53.3 Å². The second kappa shape index (κ2) is 8.93. The summed E-state index contributed by atoms with van der Waals surface area (Å²) in [7, 11) is 0. The molecular formula is C23H22ClN5O. The summed E-state index contributed by atoms with van der Waals surface area (Å²) >= 11 is 0. The zero-order valence-corrected chi connectivity index (χ0v) is 17.7. The van der Waals surface area contributed by atoms with E-state index < -0.39 is 0 Å². The number of hydrogen-bond donors (Lipinski definition) is 1. The Balaban J connectivity index is 0.00000256. The molecule has 0 fully saturated rings. The molecule has 1 N–H and O–H groups in total. The van der Waals surface area contributed by atoms with Crippen LogP contribution in [0.2, 0.25) is 0 Å². The van der Waals surface area contributed by atoms with Crippen LogP contribution in [0.25, 0.3) is 16.9 Å². The molecule has 0 aliphatic carbocycles. The maximum absolute atomic E-state index is 13.0. The molecule has 7 heteroatoms. The van der Waals surface area contributed by atoms with Crippen LogP contribution in [0, 0.1) is 18.3 Å². The maximum atomic E-state index is 13.0. The van der Waals surface area contributed by atoms with Gasteiger partial charge in [0, 0.05) is 12.0 Å². The molecule has 6 nitrogen and oxygen atoms in total. The van der Waals surface area contributed by atoms with E-state index in [1.807, 2.05) is 55.5 Å². The number of H-pyrrole nitrogens is 1. The van der Waals surface area contributed by atoms with Gasteiger partial charge in [-0.3, -0.25) is 9.89 Å². The fourth-order valence-corrected chi connectivity index (χ4v) is 3.56. The normalized spacial score (nSPS) is 10.6. The van der Waals surface area contributed by atoms with Crippen molar-refractivity contribution in [2.24, 2.45) is 0 Å². The Hall–Kier alpha value is -3.43. The van der Waals surface area contributed by atoms with E-state index in [-0.39, 0.29) is 18.0 Å². The lowest BCUT2D eigenvalue weighted by Gasteiger charge is -2.09. The Bertz CT molecular complexity index is 1280. The van der Waals surface area contributed by atoms with Crippen LogP contribution < -0.4 is 5.56 Å². The van der Waals surface area contributed by atoms with Crippen molar-refractivity contribution >= 4 is 18.2 Å². The summed E-state index contributed by atoms with van der Waals surface area (Å²) < 4.78 is 1.42. The van der Waals surface area contributed by atoms with Gasteiger partial charge >= 0.3 is 0 Å². The summed E-state index contributed by atoms with van der Waals surface area (Å²) in [6.45, 7) is 3.88. The summed E-state index contributed by atoms with van der Waals surface area (Å²) in [4.78, 5) is 21.9. The number of aromatic amines is 1. The molecule has 30 heavy (non-hydrogen) atoms. The molecule has 4 aromatic rings. The van der Waals surface area contributed by atoms with Crippen molar-refractivity contribution < 1.29 is 0 Å². The molecule has 0 aliphatic rings. The van der Waals surface area contributed by atoms with Crippen molar-refractivity contribution in [3.63, 3.8) is 0 Å².